The molecule has 0 rings (SSSR count). The molecule has 0 saturated heterocycles. The van der Waals surface area contributed by atoms with Crippen LogP contribution in [0.5, 0.6) is 0 Å². The predicted molar refractivity (Wildman–Crippen MR) is 52.4 cm³/mol. The van der Waals surface area contributed by atoms with Gasteiger partial charge in [0.25, 0.3) is 0 Å². The standard InChI is InChI=1S/C6H18Si2Te/c1-8(7)9(2,3,4,5)6/h1-6H3. The molecule has 0 heterocycles. The van der Waals surface area contributed by atoms with Gasteiger partial charge in [0.05, 0.1) is 0 Å². The summed E-state index contributed by atoms with van der Waals surface area (Å²) in [4.78, 5) is 12.4. The van der Waals surface area contributed by atoms with Crippen LogP contribution < -0.4 is 0 Å². The molecule has 56 valence electrons. The second-order valence-corrected chi connectivity index (χ2v) is 60.4. The Morgan fingerprint density at radius 2 is 1.11 bits per heavy atom. The minimum atomic E-state index is -2.37. The molecule has 4 radical (unpaired) electrons. The minimum absolute atomic E-state index is 0.252. The van der Waals surface area contributed by atoms with Gasteiger partial charge >= 0.3 is 61.7 Å². The van der Waals surface area contributed by atoms with Crippen molar-refractivity contribution in [3.05, 3.63) is 0 Å². The van der Waals surface area contributed by atoms with Crippen molar-refractivity contribution in [2.75, 3.05) is 0 Å². The second kappa shape index (κ2) is 1.69. The Bertz CT molecular complexity index is 114. The van der Waals surface area contributed by atoms with Crippen LogP contribution in [0.15, 0.2) is 0 Å². The fourth-order valence-electron chi connectivity index (χ4n) is 0. The summed E-state index contributed by atoms with van der Waals surface area (Å²) >= 11 is -2.37. The average molecular weight is 274 g/mol. The average Bonchev–Trinajstić information content (AvgIpc) is 1.24. The zero-order valence-electron chi connectivity index (χ0n) is 7.41. The molecule has 0 spiro atoms. The first-order valence-corrected chi connectivity index (χ1v) is 21.6. The number of rotatable bonds is 1. The molecule has 0 N–H and O–H groups in total. The molecule has 0 aromatic carbocycles. The quantitative estimate of drug-likeness (QED) is 0.644. The molecule has 0 aromatic heterocycles. The summed E-state index contributed by atoms with van der Waals surface area (Å²) in [6.45, 7) is 2.37. The first kappa shape index (κ1) is 10.2. The van der Waals surface area contributed by atoms with Crippen LogP contribution in [0.3, 0.4) is 0 Å². The molecule has 0 saturated carbocycles. The molecule has 0 aliphatic heterocycles. The van der Waals surface area contributed by atoms with E-state index in [1.54, 1.807) is 0 Å². The van der Waals surface area contributed by atoms with Gasteiger partial charge in [-0.2, -0.15) is 0 Å². The van der Waals surface area contributed by atoms with E-state index in [9.17, 15) is 0 Å². The van der Waals surface area contributed by atoms with E-state index in [2.05, 4.69) is 41.2 Å². The molecule has 0 unspecified atom stereocenters. The van der Waals surface area contributed by atoms with Gasteiger partial charge in [-0.1, -0.05) is 0 Å². The molecule has 0 bridgehead atoms. The summed E-state index contributed by atoms with van der Waals surface area (Å²) in [5, 5.41) is 0. The van der Waals surface area contributed by atoms with Gasteiger partial charge in [0.15, 0.2) is 0 Å². The first-order valence-electron chi connectivity index (χ1n) is 3.00. The topological polar surface area (TPSA) is 0 Å². The summed E-state index contributed by atoms with van der Waals surface area (Å²) in [5.41, 5.74) is 0. The van der Waals surface area contributed by atoms with Crippen molar-refractivity contribution in [3.8, 4) is 0 Å². The summed E-state index contributed by atoms with van der Waals surface area (Å²) < 4.78 is 0. The van der Waals surface area contributed by atoms with Crippen molar-refractivity contribution in [1.29, 1.82) is 0 Å². The van der Waals surface area contributed by atoms with Gasteiger partial charge in [-0.25, -0.2) is 0 Å². The molecule has 0 amide bonds. The number of hydrogen-bond donors (Lipinski definition) is 0. The Balaban J connectivity index is 4.76. The van der Waals surface area contributed by atoms with Crippen molar-refractivity contribution < 1.29 is 0 Å². The SMILES string of the molecule is C[Si]([Si])[Te](C)(C)(C)(C)C. The number of hydrogen-bond acceptors (Lipinski definition) is 0. The molecule has 0 aliphatic carbocycles. The predicted octanol–water partition coefficient (Wildman–Crippen LogP) is 2.36. The third-order valence-electron chi connectivity index (χ3n) is 1.53. The third-order valence-corrected chi connectivity index (χ3v) is 51.3. The summed E-state index contributed by atoms with van der Waals surface area (Å²) in [7, 11) is 3.84. The van der Waals surface area contributed by atoms with Gasteiger partial charge in [-0.3, -0.25) is 0 Å². The molecule has 3 heteroatoms. The van der Waals surface area contributed by atoms with Gasteiger partial charge in [-0.05, 0) is 0 Å². The Morgan fingerprint density at radius 1 is 1.00 bits per heavy atom. The fraction of sp³-hybridized carbons (Fsp3) is 1.00. The van der Waals surface area contributed by atoms with Crippen LogP contribution >= 0.6 is 0 Å². The van der Waals surface area contributed by atoms with Crippen molar-refractivity contribution in [2.45, 2.75) is 31.4 Å². The van der Waals surface area contributed by atoms with Gasteiger partial charge in [-0.15, -0.1) is 0 Å². The normalized spacial score (nSPS) is 21.3. The van der Waals surface area contributed by atoms with E-state index in [4.69, 9.17) is 0 Å². The molecule has 0 aliphatic rings. The molecule has 0 fully saturated rings. The van der Waals surface area contributed by atoms with Gasteiger partial charge in [0, 0.05) is 0 Å². The Kier molecular flexibility index (Phi) is 1.92. The van der Waals surface area contributed by atoms with E-state index >= 15 is 0 Å². The zero-order chi connectivity index (χ0) is 7.99. The van der Waals surface area contributed by atoms with Gasteiger partial charge in [0.1, 0.15) is 0 Å². The molecule has 9 heavy (non-hydrogen) atoms. The van der Waals surface area contributed by atoms with E-state index in [1.165, 1.54) is 0 Å². The first-order chi connectivity index (χ1) is 3.43. The van der Waals surface area contributed by atoms with Gasteiger partial charge in [0.2, 0.25) is 0 Å². The van der Waals surface area contributed by atoms with E-state index in [0.717, 1.165) is 0 Å². The van der Waals surface area contributed by atoms with E-state index in [0.29, 0.717) is 0 Å². The molecule has 0 nitrogen and oxygen atoms in total. The van der Waals surface area contributed by atoms with Crippen LogP contribution in [0.4, 0.5) is 0 Å². The van der Waals surface area contributed by atoms with E-state index in [1.807, 2.05) is 0 Å². The van der Waals surface area contributed by atoms with Crippen LogP contribution in [0.1, 0.15) is 0 Å². The van der Waals surface area contributed by atoms with E-state index in [-0.39, 0.29) is 5.86 Å². The monoisotopic (exact) mass is 276 g/mol. The zero-order valence-corrected chi connectivity index (χ0v) is 11.7. The Hall–Kier alpha value is 1.22. The molecule has 0 aromatic rings. The Morgan fingerprint density at radius 3 is 1.11 bits per heavy atom. The summed E-state index contributed by atoms with van der Waals surface area (Å²) in [6.07, 6.45) is 0. The second-order valence-electron chi connectivity index (χ2n) is 5.66. The van der Waals surface area contributed by atoms with Gasteiger partial charge < -0.3 is 0 Å². The van der Waals surface area contributed by atoms with Crippen molar-refractivity contribution in [1.82, 2.24) is 0 Å². The maximum absolute atomic E-state index is 3.84. The van der Waals surface area contributed by atoms with Crippen LogP contribution in [0.2, 0.25) is 31.4 Å². The van der Waals surface area contributed by atoms with Crippen molar-refractivity contribution in [3.63, 3.8) is 0 Å². The molecular formula is C6H18Si2Te. The van der Waals surface area contributed by atoms with E-state index < -0.39 is 14.6 Å². The Labute approximate surface area is 61.5 Å². The third kappa shape index (κ3) is 3.82. The van der Waals surface area contributed by atoms with Crippen LogP contribution in [0.25, 0.3) is 0 Å². The summed E-state index contributed by atoms with van der Waals surface area (Å²) in [6, 6.07) is 0. The fourth-order valence-corrected chi connectivity index (χ4v) is 0. The van der Waals surface area contributed by atoms with Crippen molar-refractivity contribution >= 4 is 30.3 Å². The maximum atomic E-state index is 3.84. The van der Waals surface area contributed by atoms with Crippen molar-refractivity contribution in [2.24, 2.45) is 0 Å². The van der Waals surface area contributed by atoms with Crippen LogP contribution in [-0.2, 0) is 0 Å². The molecular weight excluding hydrogens is 256 g/mol. The molecule has 0 atom stereocenters. The van der Waals surface area contributed by atoms with Crippen LogP contribution in [-0.4, -0.2) is 30.3 Å². The summed E-state index contributed by atoms with van der Waals surface area (Å²) in [5.74, 6) is -0.252. The van der Waals surface area contributed by atoms with Crippen LogP contribution in [0, 0.1) is 0 Å².